The molecule has 3 aliphatic rings. The average molecular weight is 494 g/mol. The number of halogens is 2. The fourth-order valence-electron chi connectivity index (χ4n) is 3.79. The van der Waals surface area contributed by atoms with Crippen LogP contribution in [0.1, 0.15) is 25.3 Å². The van der Waals surface area contributed by atoms with E-state index < -0.39 is 0 Å². The fraction of sp³-hybridized carbons (Fsp3) is 0.611. The van der Waals surface area contributed by atoms with Crippen LogP contribution in [0.25, 0.3) is 0 Å². The van der Waals surface area contributed by atoms with Crippen molar-refractivity contribution in [3.63, 3.8) is 0 Å². The van der Waals surface area contributed by atoms with Gasteiger partial charge in [0.15, 0.2) is 17.5 Å². The topological polar surface area (TPSA) is 55.3 Å². The Morgan fingerprint density at radius 2 is 2.23 bits per heavy atom. The molecule has 0 bridgehead atoms. The molecule has 8 heteroatoms. The van der Waals surface area contributed by atoms with E-state index >= 15 is 0 Å². The molecule has 2 fully saturated rings. The van der Waals surface area contributed by atoms with Gasteiger partial charge in [-0.1, -0.05) is 11.6 Å². The maximum absolute atomic E-state index is 6.27. The van der Waals surface area contributed by atoms with Crippen LogP contribution in [0.2, 0.25) is 5.02 Å². The summed E-state index contributed by atoms with van der Waals surface area (Å²) < 4.78 is 16.4. The zero-order valence-electron chi connectivity index (χ0n) is 14.9. The summed E-state index contributed by atoms with van der Waals surface area (Å²) in [6.45, 7) is 7.52. The third-order valence-corrected chi connectivity index (χ3v) is 5.44. The van der Waals surface area contributed by atoms with E-state index in [1.54, 1.807) is 0 Å². The first kappa shape index (κ1) is 19.8. The van der Waals surface area contributed by atoms with Crippen LogP contribution in [-0.2, 0) is 11.3 Å². The van der Waals surface area contributed by atoms with E-state index in [1.807, 2.05) is 12.1 Å². The van der Waals surface area contributed by atoms with Gasteiger partial charge in [0, 0.05) is 31.7 Å². The van der Waals surface area contributed by atoms with Crippen molar-refractivity contribution in [3.05, 3.63) is 22.7 Å². The van der Waals surface area contributed by atoms with Gasteiger partial charge in [-0.2, -0.15) is 0 Å². The lowest BCUT2D eigenvalue weighted by Crippen LogP contribution is -2.41. The van der Waals surface area contributed by atoms with Crippen LogP contribution in [0.4, 0.5) is 0 Å². The van der Waals surface area contributed by atoms with Crippen LogP contribution in [0.3, 0.4) is 0 Å². The Kier molecular flexibility index (Phi) is 6.40. The van der Waals surface area contributed by atoms with E-state index in [9.17, 15) is 0 Å². The van der Waals surface area contributed by atoms with Crippen molar-refractivity contribution in [1.82, 2.24) is 10.2 Å². The van der Waals surface area contributed by atoms with Crippen molar-refractivity contribution >= 4 is 41.5 Å². The number of likely N-dealkylation sites (tertiary alicyclic amines) is 1. The highest BCUT2D eigenvalue weighted by molar-refractivity contribution is 14.0. The average Bonchev–Trinajstić information content (AvgIpc) is 3.34. The van der Waals surface area contributed by atoms with Crippen molar-refractivity contribution in [3.8, 4) is 11.5 Å². The fourth-order valence-corrected chi connectivity index (χ4v) is 4.08. The van der Waals surface area contributed by atoms with Crippen LogP contribution in [0.5, 0.6) is 11.5 Å². The summed E-state index contributed by atoms with van der Waals surface area (Å²) >= 11 is 6.27. The minimum Gasteiger partial charge on any atom is -0.454 e. The summed E-state index contributed by atoms with van der Waals surface area (Å²) in [6.07, 6.45) is 2.33. The molecule has 0 radical (unpaired) electrons. The Balaban J connectivity index is 0.00000196. The van der Waals surface area contributed by atoms with Crippen LogP contribution in [0.15, 0.2) is 17.1 Å². The van der Waals surface area contributed by atoms with Crippen molar-refractivity contribution in [2.75, 3.05) is 39.6 Å². The van der Waals surface area contributed by atoms with Crippen LogP contribution < -0.4 is 14.8 Å². The second kappa shape index (κ2) is 8.39. The van der Waals surface area contributed by atoms with Crippen molar-refractivity contribution < 1.29 is 14.2 Å². The largest absolute Gasteiger partial charge is 0.454 e. The Bertz CT molecular complexity index is 680. The molecular formula is C18H25ClIN3O3. The summed E-state index contributed by atoms with van der Waals surface area (Å²) in [5.74, 6) is 2.29. The van der Waals surface area contributed by atoms with E-state index in [4.69, 9.17) is 30.8 Å². The van der Waals surface area contributed by atoms with Gasteiger partial charge in [0.1, 0.15) is 0 Å². The maximum atomic E-state index is 6.27. The molecule has 1 atom stereocenters. The molecule has 3 aliphatic heterocycles. The number of fused-ring (bicyclic) bond motifs is 1. The number of nitrogens with zero attached hydrogens (tertiary/aromatic N) is 2. The lowest BCUT2D eigenvalue weighted by Gasteiger charge is -2.25. The highest BCUT2D eigenvalue weighted by atomic mass is 127. The highest BCUT2D eigenvalue weighted by Crippen LogP contribution is 2.40. The number of hydrogen-bond acceptors (Lipinski definition) is 4. The summed E-state index contributed by atoms with van der Waals surface area (Å²) in [4.78, 5) is 7.18. The zero-order valence-corrected chi connectivity index (χ0v) is 18.0. The van der Waals surface area contributed by atoms with Gasteiger partial charge in [0.05, 0.1) is 18.2 Å². The van der Waals surface area contributed by atoms with E-state index in [1.165, 1.54) is 6.42 Å². The summed E-state index contributed by atoms with van der Waals surface area (Å²) in [5, 5.41) is 3.99. The zero-order chi connectivity index (χ0) is 17.3. The molecule has 6 nitrogen and oxygen atoms in total. The number of benzene rings is 1. The molecule has 0 amide bonds. The van der Waals surface area contributed by atoms with Gasteiger partial charge in [-0.15, -0.1) is 24.0 Å². The molecule has 1 N–H and O–H groups in total. The number of rotatable bonds is 3. The molecule has 144 valence electrons. The molecule has 1 spiro atoms. The van der Waals surface area contributed by atoms with Gasteiger partial charge in [0.25, 0.3) is 0 Å². The van der Waals surface area contributed by atoms with Gasteiger partial charge in [-0.05, 0) is 37.5 Å². The van der Waals surface area contributed by atoms with E-state index in [2.05, 4.69) is 17.1 Å². The molecule has 1 unspecified atom stereocenters. The van der Waals surface area contributed by atoms with Crippen molar-refractivity contribution in [2.24, 2.45) is 10.4 Å². The first-order chi connectivity index (χ1) is 12.2. The smallest absolute Gasteiger partial charge is 0.231 e. The van der Waals surface area contributed by atoms with E-state index in [0.717, 1.165) is 50.8 Å². The third kappa shape index (κ3) is 3.99. The van der Waals surface area contributed by atoms with Gasteiger partial charge in [-0.3, -0.25) is 0 Å². The normalized spacial score (nSPS) is 24.2. The summed E-state index contributed by atoms with van der Waals surface area (Å²) in [6, 6.07) is 3.86. The van der Waals surface area contributed by atoms with E-state index in [-0.39, 0.29) is 30.8 Å². The van der Waals surface area contributed by atoms with Gasteiger partial charge in [-0.25, -0.2) is 4.99 Å². The Hall–Kier alpha value is -0.930. The first-order valence-corrected chi connectivity index (χ1v) is 9.26. The number of guanidine groups is 1. The van der Waals surface area contributed by atoms with E-state index in [0.29, 0.717) is 28.5 Å². The van der Waals surface area contributed by atoms with Crippen LogP contribution in [-0.4, -0.2) is 50.5 Å². The van der Waals surface area contributed by atoms with Crippen molar-refractivity contribution in [1.29, 1.82) is 0 Å². The van der Waals surface area contributed by atoms with Crippen LogP contribution >= 0.6 is 35.6 Å². The molecule has 2 saturated heterocycles. The molecule has 0 saturated carbocycles. The number of ether oxygens (including phenoxy) is 3. The predicted octanol–water partition coefficient (Wildman–Crippen LogP) is 3.26. The first-order valence-electron chi connectivity index (χ1n) is 8.88. The quantitative estimate of drug-likeness (QED) is 0.398. The summed E-state index contributed by atoms with van der Waals surface area (Å²) in [5.41, 5.74) is 1.33. The number of hydrogen-bond donors (Lipinski definition) is 1. The van der Waals surface area contributed by atoms with Crippen molar-refractivity contribution in [2.45, 2.75) is 26.3 Å². The highest BCUT2D eigenvalue weighted by Gasteiger charge is 2.42. The Morgan fingerprint density at radius 3 is 3.00 bits per heavy atom. The Labute approximate surface area is 176 Å². The van der Waals surface area contributed by atoms with Gasteiger partial charge in [0.2, 0.25) is 6.79 Å². The second-order valence-corrected chi connectivity index (χ2v) is 7.36. The number of nitrogens with one attached hydrogen (secondary N) is 1. The lowest BCUT2D eigenvalue weighted by molar-refractivity contribution is 0.156. The molecule has 4 rings (SSSR count). The summed E-state index contributed by atoms with van der Waals surface area (Å²) in [7, 11) is 0. The number of aliphatic imine (C=N–C) groups is 1. The third-order valence-electron chi connectivity index (χ3n) is 5.16. The molecule has 1 aromatic rings. The second-order valence-electron chi connectivity index (χ2n) is 6.96. The van der Waals surface area contributed by atoms with Gasteiger partial charge >= 0.3 is 0 Å². The lowest BCUT2D eigenvalue weighted by atomic mass is 9.87. The molecule has 1 aromatic carbocycles. The molecular weight excluding hydrogens is 469 g/mol. The Morgan fingerprint density at radius 1 is 1.35 bits per heavy atom. The minimum atomic E-state index is 0. The monoisotopic (exact) mass is 493 g/mol. The van der Waals surface area contributed by atoms with Gasteiger partial charge < -0.3 is 24.4 Å². The minimum absolute atomic E-state index is 0. The molecule has 26 heavy (non-hydrogen) atoms. The molecule has 3 heterocycles. The molecule has 0 aliphatic carbocycles. The predicted molar refractivity (Wildman–Crippen MR) is 112 cm³/mol. The maximum Gasteiger partial charge on any atom is 0.231 e. The van der Waals surface area contributed by atoms with Crippen LogP contribution in [0, 0.1) is 5.41 Å². The SMILES string of the molecule is CCNC(=NCc1cc(Cl)c2c(c1)OCO2)N1CCC2(CCOC2)C1.I. The molecule has 0 aromatic heterocycles. The standard InChI is InChI=1S/C18H24ClN3O3.HI/c1-2-20-17(22-5-3-18(10-22)4-6-23-11-18)21-9-13-7-14(19)16-15(8-13)24-12-25-16;/h7-8H,2-6,9-12H2,1H3,(H,20,21);1H.